The van der Waals surface area contributed by atoms with Crippen molar-refractivity contribution in [3.05, 3.63) is 28.6 Å². The number of aromatic amines is 1. The van der Waals surface area contributed by atoms with E-state index < -0.39 is 35.2 Å². The fourth-order valence-corrected chi connectivity index (χ4v) is 3.18. The Morgan fingerprint density at radius 1 is 1.22 bits per heavy atom. The first-order chi connectivity index (χ1) is 12.6. The van der Waals surface area contributed by atoms with Crippen molar-refractivity contribution in [2.75, 3.05) is 7.11 Å². The first-order valence-electron chi connectivity index (χ1n) is 8.52. The van der Waals surface area contributed by atoms with Gasteiger partial charge in [0.15, 0.2) is 11.6 Å². The fraction of sp³-hybridized carbons (Fsp3) is 0.500. The molecule has 9 heteroatoms. The largest absolute Gasteiger partial charge is 0.469 e. The van der Waals surface area contributed by atoms with Crippen molar-refractivity contribution >= 4 is 23.1 Å². The van der Waals surface area contributed by atoms with Crippen molar-refractivity contribution in [2.24, 2.45) is 5.92 Å². The molecule has 0 bridgehead atoms. The number of hydrogen-bond acceptors (Lipinski definition) is 5. The highest BCUT2D eigenvalue weighted by Crippen LogP contribution is 2.36. The van der Waals surface area contributed by atoms with Gasteiger partial charge in [0, 0.05) is 0 Å². The summed E-state index contributed by atoms with van der Waals surface area (Å²) in [6, 6.07) is 0. The molecule has 1 atom stereocenters. The van der Waals surface area contributed by atoms with Crippen LogP contribution < -0.4 is 5.32 Å². The molecule has 0 saturated carbocycles. The zero-order chi connectivity index (χ0) is 19.9. The van der Waals surface area contributed by atoms with Crippen molar-refractivity contribution in [1.29, 1.82) is 0 Å². The third-order valence-electron chi connectivity index (χ3n) is 4.31. The highest BCUT2D eigenvalue weighted by Gasteiger charge is 2.35. The number of amides is 1. The van der Waals surface area contributed by atoms with Gasteiger partial charge in [0.1, 0.15) is 22.5 Å². The van der Waals surface area contributed by atoms with Crippen molar-refractivity contribution in [3.8, 4) is 0 Å². The van der Waals surface area contributed by atoms with Gasteiger partial charge >= 0.3 is 12.1 Å². The van der Waals surface area contributed by atoms with Crippen LogP contribution in [0, 0.1) is 17.6 Å². The molecule has 1 amide bonds. The van der Waals surface area contributed by atoms with Gasteiger partial charge in [-0.2, -0.15) is 0 Å². The van der Waals surface area contributed by atoms with Gasteiger partial charge in [-0.3, -0.25) is 4.79 Å². The topological polar surface area (TPSA) is 93.3 Å². The second kappa shape index (κ2) is 6.79. The average molecular weight is 381 g/mol. The van der Waals surface area contributed by atoms with E-state index in [1.807, 2.05) is 0 Å². The van der Waals surface area contributed by atoms with E-state index in [9.17, 15) is 18.4 Å². The number of nitrogens with zero attached hydrogens (tertiary/aromatic N) is 1. The number of fused-ring (bicyclic) bond motifs is 2. The number of benzene rings is 1. The Hall–Kier alpha value is -2.71. The lowest BCUT2D eigenvalue weighted by Gasteiger charge is -2.19. The molecule has 0 radical (unpaired) electrons. The summed E-state index contributed by atoms with van der Waals surface area (Å²) in [5.74, 6) is -2.20. The highest BCUT2D eigenvalue weighted by molar-refractivity contribution is 5.82. The van der Waals surface area contributed by atoms with Crippen LogP contribution in [-0.2, 0) is 33.7 Å². The number of H-pyrrole nitrogens is 1. The van der Waals surface area contributed by atoms with E-state index in [4.69, 9.17) is 4.74 Å². The highest BCUT2D eigenvalue weighted by atomic mass is 19.1. The van der Waals surface area contributed by atoms with Crippen molar-refractivity contribution in [1.82, 2.24) is 15.3 Å². The molecule has 1 aliphatic carbocycles. The fourth-order valence-electron chi connectivity index (χ4n) is 3.18. The molecule has 0 fully saturated rings. The van der Waals surface area contributed by atoms with Crippen LogP contribution in [0.1, 0.15) is 37.7 Å². The summed E-state index contributed by atoms with van der Waals surface area (Å²) in [6.07, 6.45) is -0.517. The molecule has 0 spiro atoms. The van der Waals surface area contributed by atoms with E-state index in [1.54, 1.807) is 20.8 Å². The van der Waals surface area contributed by atoms with E-state index in [0.717, 1.165) is 0 Å². The molecule has 0 aliphatic heterocycles. The summed E-state index contributed by atoms with van der Waals surface area (Å²) in [4.78, 5) is 30.2. The van der Waals surface area contributed by atoms with Crippen LogP contribution in [-0.4, -0.2) is 34.7 Å². The van der Waals surface area contributed by atoms with Gasteiger partial charge in [-0.1, -0.05) is 0 Å². The molecule has 3 rings (SSSR count). The number of nitrogens with one attached hydrogen (secondary N) is 2. The van der Waals surface area contributed by atoms with Crippen LogP contribution >= 0.6 is 0 Å². The Labute approximate surface area is 154 Å². The summed E-state index contributed by atoms with van der Waals surface area (Å²) in [6.45, 7) is 5.10. The molecule has 7 nitrogen and oxygen atoms in total. The van der Waals surface area contributed by atoms with E-state index >= 15 is 0 Å². The number of hydrogen-bond donors (Lipinski definition) is 2. The first kappa shape index (κ1) is 19.1. The number of alkyl carbamates (subject to hydrolysis) is 1. The van der Waals surface area contributed by atoms with Gasteiger partial charge in [-0.05, 0) is 44.7 Å². The molecule has 2 N–H and O–H groups in total. The van der Waals surface area contributed by atoms with Crippen LogP contribution in [0.3, 0.4) is 0 Å². The van der Waals surface area contributed by atoms with Crippen molar-refractivity contribution in [3.63, 3.8) is 0 Å². The second-order valence-electron chi connectivity index (χ2n) is 7.48. The zero-order valence-electron chi connectivity index (χ0n) is 15.5. The van der Waals surface area contributed by atoms with Crippen LogP contribution in [0.2, 0.25) is 0 Å². The van der Waals surface area contributed by atoms with E-state index in [1.165, 1.54) is 7.11 Å². The quantitative estimate of drug-likeness (QED) is 0.798. The molecule has 1 unspecified atom stereocenters. The third-order valence-corrected chi connectivity index (χ3v) is 4.31. The number of esters is 1. The van der Waals surface area contributed by atoms with E-state index in [0.29, 0.717) is 0 Å². The summed E-state index contributed by atoms with van der Waals surface area (Å²) in [5.41, 5.74) is -0.595. The molecule has 27 heavy (non-hydrogen) atoms. The number of carbonyl (C=O) groups is 2. The molecular formula is C18H21F2N3O4. The average Bonchev–Trinajstić information content (AvgIpc) is 3.21. The molecule has 1 aromatic carbocycles. The minimum Gasteiger partial charge on any atom is -0.469 e. The van der Waals surface area contributed by atoms with E-state index in [-0.39, 0.29) is 47.4 Å². The third kappa shape index (κ3) is 3.72. The summed E-state index contributed by atoms with van der Waals surface area (Å²) < 4.78 is 39.4. The molecule has 1 aromatic heterocycles. The van der Waals surface area contributed by atoms with Crippen molar-refractivity contribution in [2.45, 2.75) is 45.8 Å². The number of rotatable bonds is 3. The maximum absolute atomic E-state index is 14.8. The summed E-state index contributed by atoms with van der Waals surface area (Å²) in [5, 5.41) is 2.48. The van der Waals surface area contributed by atoms with Crippen LogP contribution in [0.15, 0.2) is 0 Å². The Morgan fingerprint density at radius 3 is 2.44 bits per heavy atom. The number of imidazole rings is 1. The minimum atomic E-state index is -0.660. The maximum atomic E-state index is 14.8. The number of methoxy groups -OCH3 is 1. The van der Waals surface area contributed by atoms with Crippen LogP contribution in [0.4, 0.5) is 13.6 Å². The lowest BCUT2D eigenvalue weighted by Crippen LogP contribution is -2.32. The van der Waals surface area contributed by atoms with Crippen molar-refractivity contribution < 1.29 is 27.8 Å². The molecule has 1 aliphatic rings. The smallest absolute Gasteiger partial charge is 0.408 e. The maximum Gasteiger partial charge on any atom is 0.408 e. The number of carbonyl (C=O) groups excluding carboxylic acids is 2. The Balaban J connectivity index is 1.84. The predicted octanol–water partition coefficient (Wildman–Crippen LogP) is 2.75. The first-order valence-corrected chi connectivity index (χ1v) is 8.52. The SMILES string of the molecule is COC(=O)C1Cc2c(c(F)c3[nH]c(CNC(=O)OC(C)(C)C)nc3c2F)C1. The zero-order valence-corrected chi connectivity index (χ0v) is 15.5. The predicted molar refractivity (Wildman–Crippen MR) is 92.0 cm³/mol. The van der Waals surface area contributed by atoms with Gasteiger partial charge in [0.2, 0.25) is 0 Å². The van der Waals surface area contributed by atoms with Crippen LogP contribution in [0.25, 0.3) is 11.0 Å². The number of halogens is 2. The standard InChI is InChI=1S/C18H21F2N3O4/c1-18(2,3)27-17(25)21-7-11-22-14-12(19)9-5-8(16(24)26-4)6-10(9)13(20)15(14)23-11/h8H,5-7H2,1-4H3,(H,21,25)(H,22,23). The van der Waals surface area contributed by atoms with Gasteiger partial charge in [-0.25, -0.2) is 18.6 Å². The molecular weight excluding hydrogens is 360 g/mol. The molecule has 0 saturated heterocycles. The summed E-state index contributed by atoms with van der Waals surface area (Å²) in [7, 11) is 1.24. The number of ether oxygens (including phenoxy) is 2. The lowest BCUT2D eigenvalue weighted by molar-refractivity contribution is -0.145. The second-order valence-corrected chi connectivity index (χ2v) is 7.48. The van der Waals surface area contributed by atoms with Gasteiger partial charge in [0.25, 0.3) is 0 Å². The Bertz CT molecular complexity index is 869. The minimum absolute atomic E-state index is 0.0685. The summed E-state index contributed by atoms with van der Waals surface area (Å²) >= 11 is 0. The van der Waals surface area contributed by atoms with Gasteiger partial charge < -0.3 is 19.8 Å². The molecule has 2 aromatic rings. The van der Waals surface area contributed by atoms with E-state index in [2.05, 4.69) is 20.0 Å². The Morgan fingerprint density at radius 2 is 1.85 bits per heavy atom. The van der Waals surface area contributed by atoms with Crippen LogP contribution in [0.5, 0.6) is 0 Å². The molecule has 146 valence electrons. The number of aromatic nitrogens is 2. The van der Waals surface area contributed by atoms with Gasteiger partial charge in [0.05, 0.1) is 19.6 Å². The van der Waals surface area contributed by atoms with Gasteiger partial charge in [-0.15, -0.1) is 0 Å². The normalized spacial score (nSPS) is 14.3. The molecule has 1 heterocycles. The monoisotopic (exact) mass is 381 g/mol. The Kier molecular flexibility index (Phi) is 4.79. The lowest BCUT2D eigenvalue weighted by atomic mass is 10.1.